The van der Waals surface area contributed by atoms with Crippen molar-refractivity contribution in [3.63, 3.8) is 0 Å². The number of hydrogen-bond donors (Lipinski definition) is 1. The Kier molecular flexibility index (Phi) is 5.09. The highest BCUT2D eigenvalue weighted by atomic mass is 35.5. The second-order valence-corrected chi connectivity index (χ2v) is 4.79. The molecule has 1 rings (SSSR count). The van der Waals surface area contributed by atoms with Gasteiger partial charge in [-0.15, -0.1) is 11.6 Å². The molecule has 0 aliphatic rings. The molecule has 1 N–H and O–H groups in total. The minimum Gasteiger partial charge on any atom is -0.375 e. The molecule has 0 radical (unpaired) electrons. The first kappa shape index (κ1) is 14.1. The summed E-state index contributed by atoms with van der Waals surface area (Å²) in [6.45, 7) is 1.78. The van der Waals surface area contributed by atoms with E-state index in [2.05, 4.69) is 5.32 Å². The van der Waals surface area contributed by atoms with E-state index in [0.29, 0.717) is 16.6 Å². The number of nitrogens with one attached hydrogen (secondary N) is 1. The van der Waals surface area contributed by atoms with Crippen molar-refractivity contribution in [3.05, 3.63) is 23.2 Å². The number of hydrogen-bond acceptors (Lipinski definition) is 2. The van der Waals surface area contributed by atoms with Gasteiger partial charge >= 0.3 is 0 Å². The highest BCUT2D eigenvalue weighted by Crippen LogP contribution is 2.32. The van der Waals surface area contributed by atoms with E-state index < -0.39 is 0 Å². The Morgan fingerprint density at radius 3 is 2.65 bits per heavy atom. The molecule has 0 aromatic heterocycles. The Morgan fingerprint density at radius 1 is 1.47 bits per heavy atom. The lowest BCUT2D eigenvalue weighted by Crippen LogP contribution is -2.23. The third kappa shape index (κ3) is 3.51. The molecular formula is C12H16Cl2N2O. The van der Waals surface area contributed by atoms with Gasteiger partial charge in [-0.1, -0.05) is 24.6 Å². The molecule has 94 valence electrons. The van der Waals surface area contributed by atoms with Gasteiger partial charge in [0.1, 0.15) is 0 Å². The van der Waals surface area contributed by atoms with Crippen molar-refractivity contribution >= 4 is 40.5 Å². The normalized spacial score (nSPS) is 12.1. The number of rotatable bonds is 4. The van der Waals surface area contributed by atoms with Crippen molar-refractivity contribution in [2.45, 2.75) is 6.92 Å². The molecule has 0 heterocycles. The number of halogens is 2. The molecule has 0 aliphatic heterocycles. The molecule has 3 nitrogen and oxygen atoms in total. The summed E-state index contributed by atoms with van der Waals surface area (Å²) in [5.74, 6) is -0.0417. The van der Waals surface area contributed by atoms with Gasteiger partial charge in [-0.05, 0) is 12.1 Å². The number of alkyl halides is 1. The van der Waals surface area contributed by atoms with Crippen LogP contribution >= 0.6 is 23.2 Å². The van der Waals surface area contributed by atoms with Crippen LogP contribution in [0.5, 0.6) is 0 Å². The molecule has 0 spiro atoms. The quantitative estimate of drug-likeness (QED) is 0.856. The van der Waals surface area contributed by atoms with Gasteiger partial charge in [-0.25, -0.2) is 0 Å². The lowest BCUT2D eigenvalue weighted by molar-refractivity contribution is -0.118. The number of carbonyl (C=O) groups excluding carboxylic acids is 1. The van der Waals surface area contributed by atoms with Crippen molar-refractivity contribution in [2.24, 2.45) is 5.92 Å². The first-order chi connectivity index (χ1) is 7.97. The first-order valence-electron chi connectivity index (χ1n) is 5.30. The van der Waals surface area contributed by atoms with Crippen molar-refractivity contribution < 1.29 is 4.79 Å². The molecule has 1 unspecified atom stereocenters. The van der Waals surface area contributed by atoms with E-state index in [1.807, 2.05) is 25.1 Å². The number of anilines is 2. The monoisotopic (exact) mass is 274 g/mol. The van der Waals surface area contributed by atoms with Crippen LogP contribution in [0.4, 0.5) is 11.4 Å². The zero-order chi connectivity index (χ0) is 13.0. The maximum atomic E-state index is 11.8. The van der Waals surface area contributed by atoms with E-state index in [1.54, 1.807) is 19.1 Å². The predicted molar refractivity (Wildman–Crippen MR) is 74.3 cm³/mol. The summed E-state index contributed by atoms with van der Waals surface area (Å²) in [4.78, 5) is 13.6. The van der Waals surface area contributed by atoms with Crippen LogP contribution in [0.2, 0.25) is 5.02 Å². The Bertz CT molecular complexity index is 407. The summed E-state index contributed by atoms with van der Waals surface area (Å²) in [5, 5.41) is 3.44. The summed E-state index contributed by atoms with van der Waals surface area (Å²) in [5.41, 5.74) is 1.49. The fourth-order valence-electron chi connectivity index (χ4n) is 1.40. The Hall–Kier alpha value is -0.930. The van der Waals surface area contributed by atoms with E-state index in [9.17, 15) is 4.79 Å². The molecule has 0 saturated heterocycles. The highest BCUT2D eigenvalue weighted by molar-refractivity contribution is 6.34. The van der Waals surface area contributed by atoms with Crippen molar-refractivity contribution in [1.82, 2.24) is 0 Å². The number of para-hydroxylation sites is 1. The summed E-state index contributed by atoms with van der Waals surface area (Å²) in [6.07, 6.45) is 0. The van der Waals surface area contributed by atoms with Crippen molar-refractivity contribution in [1.29, 1.82) is 0 Å². The molecule has 1 aromatic rings. The van der Waals surface area contributed by atoms with Gasteiger partial charge in [0.05, 0.1) is 16.4 Å². The van der Waals surface area contributed by atoms with Crippen LogP contribution < -0.4 is 10.2 Å². The molecule has 1 atom stereocenters. The molecule has 0 aliphatic carbocycles. The van der Waals surface area contributed by atoms with Gasteiger partial charge in [0, 0.05) is 25.9 Å². The second-order valence-electron chi connectivity index (χ2n) is 4.08. The Balaban J connectivity index is 2.99. The van der Waals surface area contributed by atoms with Crippen LogP contribution in [0.15, 0.2) is 18.2 Å². The third-order valence-electron chi connectivity index (χ3n) is 2.37. The standard InChI is InChI=1S/C12H16Cl2N2O/c1-8(7-13)12(17)15-10-6-4-5-9(14)11(10)16(2)3/h4-6,8H,7H2,1-3H3,(H,15,17). The zero-order valence-electron chi connectivity index (χ0n) is 10.1. The molecule has 0 saturated carbocycles. The molecule has 0 fully saturated rings. The van der Waals surface area contributed by atoms with Crippen LogP contribution in [-0.2, 0) is 4.79 Å². The van der Waals surface area contributed by atoms with E-state index in [-0.39, 0.29) is 11.8 Å². The third-order valence-corrected chi connectivity index (χ3v) is 3.14. The topological polar surface area (TPSA) is 32.3 Å². The summed E-state index contributed by atoms with van der Waals surface area (Å²) >= 11 is 11.8. The van der Waals surface area contributed by atoms with Crippen LogP contribution in [0.25, 0.3) is 0 Å². The average Bonchev–Trinajstić information content (AvgIpc) is 2.27. The molecule has 0 bridgehead atoms. The largest absolute Gasteiger partial charge is 0.375 e. The van der Waals surface area contributed by atoms with E-state index >= 15 is 0 Å². The Morgan fingerprint density at radius 2 is 2.12 bits per heavy atom. The fraction of sp³-hybridized carbons (Fsp3) is 0.417. The van der Waals surface area contributed by atoms with Crippen molar-refractivity contribution in [2.75, 3.05) is 30.2 Å². The first-order valence-corrected chi connectivity index (χ1v) is 6.21. The van der Waals surface area contributed by atoms with Crippen LogP contribution in [0.3, 0.4) is 0 Å². The number of amides is 1. The summed E-state index contributed by atoms with van der Waals surface area (Å²) in [7, 11) is 3.75. The maximum absolute atomic E-state index is 11.8. The van der Waals surface area contributed by atoms with Gasteiger partial charge < -0.3 is 10.2 Å². The lowest BCUT2D eigenvalue weighted by atomic mass is 10.2. The van der Waals surface area contributed by atoms with Gasteiger partial charge in [0.25, 0.3) is 0 Å². The number of nitrogens with zero attached hydrogens (tertiary/aromatic N) is 1. The molecule has 17 heavy (non-hydrogen) atoms. The van der Waals surface area contributed by atoms with Crippen LogP contribution in [-0.4, -0.2) is 25.9 Å². The minimum atomic E-state index is -0.231. The molecule has 1 aromatic carbocycles. The Labute approximate surface area is 112 Å². The lowest BCUT2D eigenvalue weighted by Gasteiger charge is -2.20. The number of carbonyl (C=O) groups is 1. The SMILES string of the molecule is CC(CCl)C(=O)Nc1cccc(Cl)c1N(C)C. The molecule has 1 amide bonds. The zero-order valence-corrected chi connectivity index (χ0v) is 11.6. The smallest absolute Gasteiger partial charge is 0.228 e. The summed E-state index contributed by atoms with van der Waals surface area (Å²) in [6, 6.07) is 5.41. The summed E-state index contributed by atoms with van der Waals surface area (Å²) < 4.78 is 0. The van der Waals surface area contributed by atoms with E-state index in [0.717, 1.165) is 5.69 Å². The number of benzene rings is 1. The minimum absolute atomic E-state index is 0.106. The van der Waals surface area contributed by atoms with Crippen LogP contribution in [0.1, 0.15) is 6.92 Å². The second kappa shape index (κ2) is 6.12. The van der Waals surface area contributed by atoms with Gasteiger partial charge in [0.15, 0.2) is 0 Å². The van der Waals surface area contributed by atoms with Gasteiger partial charge in [-0.2, -0.15) is 0 Å². The highest BCUT2D eigenvalue weighted by Gasteiger charge is 2.15. The van der Waals surface area contributed by atoms with Gasteiger partial charge in [0.2, 0.25) is 5.91 Å². The van der Waals surface area contributed by atoms with Gasteiger partial charge in [-0.3, -0.25) is 4.79 Å². The van der Waals surface area contributed by atoms with E-state index in [1.165, 1.54) is 0 Å². The van der Waals surface area contributed by atoms with E-state index in [4.69, 9.17) is 23.2 Å². The predicted octanol–water partition coefficient (Wildman–Crippen LogP) is 3.22. The van der Waals surface area contributed by atoms with Crippen LogP contribution in [0, 0.1) is 5.92 Å². The average molecular weight is 275 g/mol. The molecular weight excluding hydrogens is 259 g/mol. The molecule has 5 heteroatoms. The maximum Gasteiger partial charge on any atom is 0.228 e. The van der Waals surface area contributed by atoms with Crippen molar-refractivity contribution in [3.8, 4) is 0 Å². The fourth-order valence-corrected chi connectivity index (χ4v) is 1.88.